The molecule has 0 aliphatic carbocycles. The standard InChI is InChI=1S/C8H6Br2O.C2H6/c9-5-8(11)6-1-3-7(10)4-2-6;1-2/h1-4H,5H2;1-2H3. The summed E-state index contributed by atoms with van der Waals surface area (Å²) in [5.74, 6) is 0.109. The summed E-state index contributed by atoms with van der Waals surface area (Å²) >= 11 is 6.40. The van der Waals surface area contributed by atoms with Crippen LogP contribution in [0.4, 0.5) is 0 Å². The number of alkyl halides is 1. The Kier molecular flexibility index (Phi) is 7.19. The zero-order valence-electron chi connectivity index (χ0n) is 7.68. The van der Waals surface area contributed by atoms with E-state index in [1.807, 2.05) is 26.0 Å². The van der Waals surface area contributed by atoms with Crippen LogP contribution in [-0.2, 0) is 0 Å². The van der Waals surface area contributed by atoms with Gasteiger partial charge in [0.25, 0.3) is 0 Å². The number of Topliss-reactive ketones (excluding diaryl/α,β-unsaturated/α-hetero) is 1. The quantitative estimate of drug-likeness (QED) is 0.595. The minimum Gasteiger partial charge on any atom is -0.293 e. The van der Waals surface area contributed by atoms with Gasteiger partial charge in [-0.25, -0.2) is 0 Å². The van der Waals surface area contributed by atoms with E-state index in [-0.39, 0.29) is 5.78 Å². The summed E-state index contributed by atoms with van der Waals surface area (Å²) in [6, 6.07) is 7.31. The van der Waals surface area contributed by atoms with Crippen molar-refractivity contribution >= 4 is 37.6 Å². The zero-order chi connectivity index (χ0) is 10.3. The summed E-state index contributed by atoms with van der Waals surface area (Å²) in [4.78, 5) is 11.1. The third-order valence-electron chi connectivity index (χ3n) is 1.29. The normalized spacial score (nSPS) is 8.62. The lowest BCUT2D eigenvalue weighted by Gasteiger charge is -1.95. The first-order chi connectivity index (χ1) is 6.24. The molecule has 1 nitrogen and oxygen atoms in total. The second kappa shape index (κ2) is 7.27. The molecule has 0 N–H and O–H groups in total. The van der Waals surface area contributed by atoms with Gasteiger partial charge in [-0.1, -0.05) is 57.8 Å². The summed E-state index contributed by atoms with van der Waals surface area (Å²) in [5, 5.41) is 0.384. The fraction of sp³-hybridized carbons (Fsp3) is 0.300. The maximum Gasteiger partial charge on any atom is 0.173 e. The Bertz CT molecular complexity index is 254. The van der Waals surface area contributed by atoms with Gasteiger partial charge in [0.2, 0.25) is 0 Å². The molecule has 1 aromatic carbocycles. The van der Waals surface area contributed by atoms with Crippen molar-refractivity contribution in [2.24, 2.45) is 0 Å². The monoisotopic (exact) mass is 306 g/mol. The molecule has 13 heavy (non-hydrogen) atoms. The fourth-order valence-electron chi connectivity index (χ4n) is 0.713. The SMILES string of the molecule is CC.O=C(CBr)c1ccc(Br)cc1. The molecule has 0 aliphatic heterocycles. The van der Waals surface area contributed by atoms with Gasteiger partial charge >= 0.3 is 0 Å². The second-order valence-corrected chi connectivity index (χ2v) is 3.54. The summed E-state index contributed by atoms with van der Waals surface area (Å²) in [5.41, 5.74) is 0.741. The highest BCUT2D eigenvalue weighted by Crippen LogP contribution is 2.11. The molecule has 0 amide bonds. The molecular formula is C10H12Br2O. The summed E-state index contributed by atoms with van der Waals surface area (Å²) in [7, 11) is 0. The third kappa shape index (κ3) is 4.58. The maximum atomic E-state index is 11.1. The highest BCUT2D eigenvalue weighted by atomic mass is 79.9. The Labute approximate surface area is 95.8 Å². The predicted molar refractivity (Wildman–Crippen MR) is 63.6 cm³/mol. The van der Waals surface area contributed by atoms with Gasteiger partial charge in [-0.05, 0) is 12.1 Å². The molecule has 0 bridgehead atoms. The van der Waals surface area contributed by atoms with Crippen LogP contribution in [0.5, 0.6) is 0 Å². The van der Waals surface area contributed by atoms with Gasteiger partial charge in [-0.15, -0.1) is 0 Å². The lowest BCUT2D eigenvalue weighted by molar-refractivity contribution is 0.102. The smallest absolute Gasteiger partial charge is 0.173 e. The van der Waals surface area contributed by atoms with E-state index in [2.05, 4.69) is 31.9 Å². The maximum absolute atomic E-state index is 11.1. The number of carbonyl (C=O) groups excluding carboxylic acids is 1. The number of ketones is 1. The van der Waals surface area contributed by atoms with E-state index in [0.29, 0.717) is 5.33 Å². The van der Waals surface area contributed by atoms with E-state index in [1.165, 1.54) is 0 Å². The number of carbonyl (C=O) groups is 1. The largest absolute Gasteiger partial charge is 0.293 e. The number of benzene rings is 1. The number of rotatable bonds is 2. The van der Waals surface area contributed by atoms with E-state index in [0.717, 1.165) is 10.0 Å². The van der Waals surface area contributed by atoms with Crippen LogP contribution in [0.3, 0.4) is 0 Å². The highest BCUT2D eigenvalue weighted by Gasteiger charge is 2.01. The Morgan fingerprint density at radius 2 is 1.69 bits per heavy atom. The molecule has 0 saturated carbocycles. The fourth-order valence-corrected chi connectivity index (χ4v) is 1.30. The molecule has 0 atom stereocenters. The molecule has 1 aromatic rings. The molecule has 72 valence electrons. The number of halogens is 2. The van der Waals surface area contributed by atoms with Gasteiger partial charge in [-0.3, -0.25) is 4.79 Å². The topological polar surface area (TPSA) is 17.1 Å². The first kappa shape index (κ1) is 12.8. The van der Waals surface area contributed by atoms with Crippen molar-refractivity contribution in [3.05, 3.63) is 34.3 Å². The summed E-state index contributed by atoms with van der Waals surface area (Å²) < 4.78 is 0.989. The van der Waals surface area contributed by atoms with Crippen LogP contribution in [0.2, 0.25) is 0 Å². The van der Waals surface area contributed by atoms with Crippen molar-refractivity contribution in [2.75, 3.05) is 5.33 Å². The minimum atomic E-state index is 0.109. The minimum absolute atomic E-state index is 0.109. The van der Waals surface area contributed by atoms with Crippen molar-refractivity contribution in [2.45, 2.75) is 13.8 Å². The molecule has 1 rings (SSSR count). The Morgan fingerprint density at radius 3 is 2.08 bits per heavy atom. The van der Waals surface area contributed by atoms with E-state index < -0.39 is 0 Å². The van der Waals surface area contributed by atoms with Crippen LogP contribution in [0.1, 0.15) is 24.2 Å². The second-order valence-electron chi connectivity index (χ2n) is 2.06. The molecule has 0 saturated heterocycles. The van der Waals surface area contributed by atoms with Gasteiger partial charge in [0.1, 0.15) is 0 Å². The van der Waals surface area contributed by atoms with Gasteiger partial charge in [0, 0.05) is 10.0 Å². The van der Waals surface area contributed by atoms with Crippen LogP contribution in [0.15, 0.2) is 28.7 Å². The van der Waals surface area contributed by atoms with Gasteiger partial charge in [-0.2, -0.15) is 0 Å². The molecule has 0 heterocycles. The van der Waals surface area contributed by atoms with Gasteiger partial charge in [0.05, 0.1) is 5.33 Å². The first-order valence-corrected chi connectivity index (χ1v) is 6.00. The van der Waals surface area contributed by atoms with E-state index >= 15 is 0 Å². The van der Waals surface area contributed by atoms with Crippen molar-refractivity contribution in [1.82, 2.24) is 0 Å². The molecule has 0 fully saturated rings. The van der Waals surface area contributed by atoms with Gasteiger partial charge in [0.15, 0.2) is 5.78 Å². The van der Waals surface area contributed by atoms with Crippen LogP contribution < -0.4 is 0 Å². The zero-order valence-corrected chi connectivity index (χ0v) is 10.9. The van der Waals surface area contributed by atoms with Crippen LogP contribution in [0.25, 0.3) is 0 Å². The molecule has 0 aliphatic rings. The average Bonchev–Trinajstić information content (AvgIpc) is 2.21. The molecule has 0 unspecified atom stereocenters. The van der Waals surface area contributed by atoms with Crippen LogP contribution >= 0.6 is 31.9 Å². The molecule has 0 radical (unpaired) electrons. The average molecular weight is 308 g/mol. The van der Waals surface area contributed by atoms with Crippen LogP contribution in [0, 0.1) is 0 Å². The molecular weight excluding hydrogens is 296 g/mol. The Balaban J connectivity index is 0.000000671. The lowest BCUT2D eigenvalue weighted by atomic mass is 10.2. The van der Waals surface area contributed by atoms with Crippen molar-refractivity contribution in [3.63, 3.8) is 0 Å². The lowest BCUT2D eigenvalue weighted by Crippen LogP contribution is -1.98. The van der Waals surface area contributed by atoms with Crippen molar-refractivity contribution < 1.29 is 4.79 Å². The van der Waals surface area contributed by atoms with Crippen LogP contribution in [-0.4, -0.2) is 11.1 Å². The van der Waals surface area contributed by atoms with E-state index in [4.69, 9.17) is 0 Å². The predicted octanol–water partition coefficient (Wildman–Crippen LogP) is 4.05. The highest BCUT2D eigenvalue weighted by molar-refractivity contribution is 9.10. The summed E-state index contributed by atoms with van der Waals surface area (Å²) in [6.45, 7) is 4.00. The number of hydrogen-bond acceptors (Lipinski definition) is 1. The number of hydrogen-bond donors (Lipinski definition) is 0. The third-order valence-corrected chi connectivity index (χ3v) is 2.33. The molecule has 3 heteroatoms. The van der Waals surface area contributed by atoms with Crippen molar-refractivity contribution in [1.29, 1.82) is 0 Å². The van der Waals surface area contributed by atoms with Crippen molar-refractivity contribution in [3.8, 4) is 0 Å². The van der Waals surface area contributed by atoms with E-state index in [9.17, 15) is 4.79 Å². The summed E-state index contributed by atoms with van der Waals surface area (Å²) in [6.07, 6.45) is 0. The first-order valence-electron chi connectivity index (χ1n) is 4.09. The Morgan fingerprint density at radius 1 is 1.23 bits per heavy atom. The van der Waals surface area contributed by atoms with Gasteiger partial charge < -0.3 is 0 Å². The molecule has 0 aromatic heterocycles. The van der Waals surface area contributed by atoms with E-state index in [1.54, 1.807) is 12.1 Å². The Hall–Kier alpha value is -0.150. The molecule has 0 spiro atoms.